The van der Waals surface area contributed by atoms with Crippen molar-refractivity contribution in [3.8, 4) is 11.5 Å². The van der Waals surface area contributed by atoms with Gasteiger partial charge >= 0.3 is 5.97 Å². The number of carboxylic acids is 1. The number of benzene rings is 1. The number of carbonyl (C=O) groups is 2. The first-order chi connectivity index (χ1) is 12.4. The van der Waals surface area contributed by atoms with Crippen molar-refractivity contribution in [2.24, 2.45) is 0 Å². The van der Waals surface area contributed by atoms with E-state index in [4.69, 9.17) is 9.47 Å². The van der Waals surface area contributed by atoms with Crippen molar-refractivity contribution in [2.75, 3.05) is 45.7 Å². The lowest BCUT2D eigenvalue weighted by Crippen LogP contribution is -2.43. The highest BCUT2D eigenvalue weighted by molar-refractivity contribution is 5.95. The molecule has 1 atom stereocenters. The summed E-state index contributed by atoms with van der Waals surface area (Å²) in [6.45, 7) is 7.11. The van der Waals surface area contributed by atoms with Crippen molar-refractivity contribution in [2.45, 2.75) is 26.3 Å². The number of anilines is 1. The molecule has 1 aromatic rings. The van der Waals surface area contributed by atoms with Crippen molar-refractivity contribution in [1.29, 1.82) is 0 Å². The van der Waals surface area contributed by atoms with Crippen LogP contribution in [-0.4, -0.2) is 68.3 Å². The van der Waals surface area contributed by atoms with Gasteiger partial charge in [-0.25, -0.2) is 0 Å². The Morgan fingerprint density at radius 3 is 2.42 bits per heavy atom. The van der Waals surface area contributed by atoms with E-state index in [-0.39, 0.29) is 6.42 Å². The number of amides is 1. The van der Waals surface area contributed by atoms with E-state index in [2.05, 4.69) is 15.5 Å². The number of aliphatic carboxylic acids is 1. The average molecular weight is 367 g/mol. The van der Waals surface area contributed by atoms with E-state index >= 15 is 0 Å². The number of nitrogens with one attached hydrogen (secondary N) is 2. The second-order valence-electron chi connectivity index (χ2n) is 5.69. The first kappa shape index (κ1) is 21.7. The third kappa shape index (κ3) is 6.89. The van der Waals surface area contributed by atoms with Gasteiger partial charge in [-0.15, -0.1) is 0 Å². The molecular weight excluding hydrogens is 338 g/mol. The summed E-state index contributed by atoms with van der Waals surface area (Å²) in [4.78, 5) is 25.9. The molecule has 1 aromatic carbocycles. The van der Waals surface area contributed by atoms with Crippen LogP contribution in [0.15, 0.2) is 18.2 Å². The molecular formula is C18H29N3O5. The molecule has 0 aliphatic rings. The highest BCUT2D eigenvalue weighted by atomic mass is 16.5. The maximum Gasteiger partial charge on any atom is 0.321 e. The summed E-state index contributed by atoms with van der Waals surface area (Å²) < 4.78 is 10.3. The van der Waals surface area contributed by atoms with Crippen molar-refractivity contribution < 1.29 is 24.2 Å². The first-order valence-electron chi connectivity index (χ1n) is 8.65. The fraction of sp³-hybridized carbons (Fsp3) is 0.556. The third-order valence-electron chi connectivity index (χ3n) is 4.08. The van der Waals surface area contributed by atoms with Gasteiger partial charge in [-0.2, -0.15) is 0 Å². The predicted molar refractivity (Wildman–Crippen MR) is 100 cm³/mol. The van der Waals surface area contributed by atoms with Gasteiger partial charge < -0.3 is 30.1 Å². The first-order valence-corrected chi connectivity index (χ1v) is 8.65. The minimum Gasteiger partial charge on any atom is -0.497 e. The Morgan fingerprint density at radius 2 is 1.88 bits per heavy atom. The highest BCUT2D eigenvalue weighted by Crippen LogP contribution is 2.29. The molecule has 0 saturated carbocycles. The largest absolute Gasteiger partial charge is 0.497 e. The van der Waals surface area contributed by atoms with Crippen molar-refractivity contribution in [3.05, 3.63) is 18.2 Å². The van der Waals surface area contributed by atoms with Gasteiger partial charge in [0, 0.05) is 19.2 Å². The Labute approximate surface area is 154 Å². The number of hydrogen-bond donors (Lipinski definition) is 3. The van der Waals surface area contributed by atoms with Crippen LogP contribution in [0.3, 0.4) is 0 Å². The standard InChI is InChI=1S/C18H29N3O5/c1-5-21(6-2)10-9-19-15(18(23)24)12-17(22)20-14-11-13(25-3)7-8-16(14)26-4/h7-8,11,15,19H,5-6,9-10,12H2,1-4H3,(H,20,22)(H,23,24)/t15-/m1/s1. The molecule has 0 spiro atoms. The van der Waals surface area contributed by atoms with Crippen molar-refractivity contribution in [1.82, 2.24) is 10.2 Å². The molecule has 26 heavy (non-hydrogen) atoms. The van der Waals surface area contributed by atoms with E-state index in [1.165, 1.54) is 14.2 Å². The topological polar surface area (TPSA) is 100 Å². The molecule has 8 heteroatoms. The normalized spacial score (nSPS) is 11.9. The SMILES string of the molecule is CCN(CC)CCN[C@H](CC(=O)Nc1cc(OC)ccc1OC)C(=O)O. The summed E-state index contributed by atoms with van der Waals surface area (Å²) in [5.41, 5.74) is 0.434. The van der Waals surface area contributed by atoms with E-state index in [0.29, 0.717) is 23.7 Å². The Morgan fingerprint density at radius 1 is 1.19 bits per heavy atom. The molecule has 3 N–H and O–H groups in total. The van der Waals surface area contributed by atoms with Gasteiger partial charge in [-0.1, -0.05) is 13.8 Å². The van der Waals surface area contributed by atoms with Gasteiger partial charge in [-0.05, 0) is 25.2 Å². The van der Waals surface area contributed by atoms with E-state index in [9.17, 15) is 14.7 Å². The molecule has 1 rings (SSSR count). The maximum atomic E-state index is 12.3. The van der Waals surface area contributed by atoms with Gasteiger partial charge in [0.2, 0.25) is 5.91 Å². The van der Waals surface area contributed by atoms with E-state index in [0.717, 1.165) is 19.6 Å². The minimum absolute atomic E-state index is 0.187. The molecule has 0 aromatic heterocycles. The quantitative estimate of drug-likeness (QED) is 0.514. The van der Waals surface area contributed by atoms with Crippen LogP contribution in [0.4, 0.5) is 5.69 Å². The molecule has 8 nitrogen and oxygen atoms in total. The number of hydrogen-bond acceptors (Lipinski definition) is 6. The third-order valence-corrected chi connectivity index (χ3v) is 4.08. The minimum atomic E-state index is -1.06. The lowest BCUT2D eigenvalue weighted by Gasteiger charge is -2.20. The van der Waals surface area contributed by atoms with Gasteiger partial charge in [0.1, 0.15) is 17.5 Å². The van der Waals surface area contributed by atoms with Crippen LogP contribution >= 0.6 is 0 Å². The molecule has 1 amide bonds. The van der Waals surface area contributed by atoms with Crippen molar-refractivity contribution >= 4 is 17.6 Å². The fourth-order valence-electron chi connectivity index (χ4n) is 2.48. The summed E-state index contributed by atoms with van der Waals surface area (Å²) in [5, 5.41) is 15.0. The predicted octanol–water partition coefficient (Wildman–Crippen LogP) is 1.42. The Bertz CT molecular complexity index is 590. The van der Waals surface area contributed by atoms with Crippen LogP contribution in [-0.2, 0) is 9.59 Å². The average Bonchev–Trinajstić information content (AvgIpc) is 2.63. The van der Waals surface area contributed by atoms with Crippen LogP contribution in [0.2, 0.25) is 0 Å². The zero-order valence-electron chi connectivity index (χ0n) is 15.9. The number of ether oxygens (including phenoxy) is 2. The number of carboxylic acid groups (broad SMARTS) is 1. The molecule has 0 unspecified atom stereocenters. The fourth-order valence-corrected chi connectivity index (χ4v) is 2.48. The van der Waals surface area contributed by atoms with Crippen LogP contribution in [0.25, 0.3) is 0 Å². The van der Waals surface area contributed by atoms with Crippen LogP contribution in [0, 0.1) is 0 Å². The van der Waals surface area contributed by atoms with E-state index in [1.54, 1.807) is 18.2 Å². The van der Waals surface area contributed by atoms with Gasteiger partial charge in [0.15, 0.2) is 0 Å². The van der Waals surface area contributed by atoms with Crippen LogP contribution < -0.4 is 20.1 Å². The smallest absolute Gasteiger partial charge is 0.321 e. The number of nitrogens with zero attached hydrogens (tertiary/aromatic N) is 1. The molecule has 146 valence electrons. The zero-order valence-corrected chi connectivity index (χ0v) is 15.9. The molecule has 0 aliphatic heterocycles. The lowest BCUT2D eigenvalue weighted by molar-refractivity contribution is -0.141. The number of methoxy groups -OCH3 is 2. The second kappa shape index (κ2) is 11.3. The molecule has 0 aliphatic carbocycles. The number of rotatable bonds is 12. The molecule has 0 bridgehead atoms. The summed E-state index contributed by atoms with van der Waals surface area (Å²) >= 11 is 0. The number of likely N-dealkylation sites (N-methyl/N-ethyl adjacent to an activating group) is 1. The molecule has 0 saturated heterocycles. The van der Waals surface area contributed by atoms with E-state index in [1.807, 2.05) is 13.8 Å². The van der Waals surface area contributed by atoms with E-state index < -0.39 is 17.9 Å². The Balaban J connectivity index is 2.66. The monoisotopic (exact) mass is 367 g/mol. The Kier molecular flexibility index (Phi) is 9.46. The lowest BCUT2D eigenvalue weighted by atomic mass is 10.2. The zero-order chi connectivity index (χ0) is 19.5. The molecule has 0 fully saturated rings. The van der Waals surface area contributed by atoms with Crippen LogP contribution in [0.1, 0.15) is 20.3 Å². The van der Waals surface area contributed by atoms with Crippen LogP contribution in [0.5, 0.6) is 11.5 Å². The van der Waals surface area contributed by atoms with Gasteiger partial charge in [0.05, 0.1) is 26.3 Å². The molecule has 0 heterocycles. The maximum absolute atomic E-state index is 12.3. The van der Waals surface area contributed by atoms with Gasteiger partial charge in [-0.3, -0.25) is 9.59 Å². The van der Waals surface area contributed by atoms with Gasteiger partial charge in [0.25, 0.3) is 0 Å². The molecule has 0 radical (unpaired) electrons. The summed E-state index contributed by atoms with van der Waals surface area (Å²) in [7, 11) is 3.01. The van der Waals surface area contributed by atoms with Crippen molar-refractivity contribution in [3.63, 3.8) is 0 Å². The summed E-state index contributed by atoms with van der Waals surface area (Å²) in [5.74, 6) is -0.439. The second-order valence-corrected chi connectivity index (χ2v) is 5.69. The summed E-state index contributed by atoms with van der Waals surface area (Å²) in [6, 6.07) is 4.05. The summed E-state index contributed by atoms with van der Waals surface area (Å²) in [6.07, 6.45) is -0.187. The Hall–Kier alpha value is -2.32. The number of carbonyl (C=O) groups excluding carboxylic acids is 1. The highest BCUT2D eigenvalue weighted by Gasteiger charge is 2.21.